The van der Waals surface area contributed by atoms with Gasteiger partial charge in [0, 0.05) is 12.7 Å². The molecule has 1 aliphatic heterocycles. The van der Waals surface area contributed by atoms with Crippen molar-refractivity contribution in [2.24, 2.45) is 4.99 Å². The Kier molecular flexibility index (Phi) is 3.50. The van der Waals surface area contributed by atoms with Gasteiger partial charge in [0.25, 0.3) is 0 Å². The topological polar surface area (TPSA) is 55.7 Å². The van der Waals surface area contributed by atoms with Gasteiger partial charge in [-0.25, -0.2) is 4.98 Å². The molecule has 0 amide bonds. The molecule has 5 nitrogen and oxygen atoms in total. The summed E-state index contributed by atoms with van der Waals surface area (Å²) in [4.78, 5) is 8.69. The molecule has 0 saturated heterocycles. The molecule has 0 radical (unpaired) electrons. The van der Waals surface area contributed by atoms with Crippen LogP contribution in [0, 0.1) is 0 Å². The molecule has 2 heterocycles. The van der Waals surface area contributed by atoms with Gasteiger partial charge in [0.2, 0.25) is 5.88 Å². The Bertz CT molecular complexity index is 623. The molecule has 1 aromatic carbocycles. The summed E-state index contributed by atoms with van der Waals surface area (Å²) in [6.07, 6.45) is 1.71. The van der Waals surface area contributed by atoms with Crippen molar-refractivity contribution in [3.63, 3.8) is 0 Å². The lowest BCUT2D eigenvalue weighted by Crippen LogP contribution is -2.20. The third kappa shape index (κ3) is 2.56. The molecule has 0 saturated carbocycles. The second-order valence-electron chi connectivity index (χ2n) is 4.29. The summed E-state index contributed by atoms with van der Waals surface area (Å²) in [7, 11) is 1.64. The lowest BCUT2D eigenvalue weighted by atomic mass is 10.2. The average molecular weight is 269 g/mol. The zero-order valence-electron chi connectivity index (χ0n) is 11.2. The summed E-state index contributed by atoms with van der Waals surface area (Å²) in [6, 6.07) is 11.2. The minimum absolute atomic E-state index is 0.547. The molecule has 3 rings (SSSR count). The normalized spacial score (nSPS) is 13.6. The third-order valence-electron chi connectivity index (χ3n) is 2.97. The molecule has 1 aromatic heterocycles. The van der Waals surface area contributed by atoms with Crippen LogP contribution < -0.4 is 14.8 Å². The van der Waals surface area contributed by atoms with Crippen molar-refractivity contribution < 1.29 is 9.47 Å². The first-order valence-electron chi connectivity index (χ1n) is 6.42. The van der Waals surface area contributed by atoms with E-state index in [9.17, 15) is 0 Å². The number of pyridine rings is 1. The molecule has 0 atom stereocenters. The van der Waals surface area contributed by atoms with E-state index in [2.05, 4.69) is 15.3 Å². The van der Waals surface area contributed by atoms with Crippen molar-refractivity contribution >= 4 is 5.84 Å². The fourth-order valence-corrected chi connectivity index (χ4v) is 1.99. The number of benzene rings is 1. The van der Waals surface area contributed by atoms with Crippen LogP contribution in [0.2, 0.25) is 0 Å². The number of ether oxygens (including phenoxy) is 2. The van der Waals surface area contributed by atoms with Crippen molar-refractivity contribution in [1.29, 1.82) is 0 Å². The van der Waals surface area contributed by atoms with Crippen LogP contribution in [0.3, 0.4) is 0 Å². The maximum atomic E-state index is 5.83. The van der Waals surface area contributed by atoms with E-state index < -0.39 is 0 Å². The monoisotopic (exact) mass is 269 g/mol. The lowest BCUT2D eigenvalue weighted by Gasteiger charge is -2.10. The minimum atomic E-state index is 0.547. The predicted molar refractivity (Wildman–Crippen MR) is 76.7 cm³/mol. The molecular weight excluding hydrogens is 254 g/mol. The summed E-state index contributed by atoms with van der Waals surface area (Å²) >= 11 is 0. The van der Waals surface area contributed by atoms with Crippen molar-refractivity contribution in [3.05, 3.63) is 48.2 Å². The highest BCUT2D eigenvalue weighted by Gasteiger charge is 2.14. The molecule has 1 N–H and O–H groups in total. The fourth-order valence-electron chi connectivity index (χ4n) is 1.99. The van der Waals surface area contributed by atoms with E-state index >= 15 is 0 Å². The minimum Gasteiger partial charge on any atom is -0.497 e. The van der Waals surface area contributed by atoms with Gasteiger partial charge in [-0.15, -0.1) is 0 Å². The smallest absolute Gasteiger partial charge is 0.230 e. The Balaban J connectivity index is 1.86. The summed E-state index contributed by atoms with van der Waals surface area (Å²) in [5, 5.41) is 3.23. The highest BCUT2D eigenvalue weighted by atomic mass is 16.5. The van der Waals surface area contributed by atoms with Gasteiger partial charge in [0.1, 0.15) is 17.3 Å². The first-order valence-corrected chi connectivity index (χ1v) is 6.42. The molecule has 0 unspecified atom stereocenters. The number of amidine groups is 1. The zero-order chi connectivity index (χ0) is 13.8. The van der Waals surface area contributed by atoms with Crippen LogP contribution in [-0.2, 0) is 0 Å². The maximum Gasteiger partial charge on any atom is 0.230 e. The number of nitrogens with one attached hydrogen (secondary N) is 1. The van der Waals surface area contributed by atoms with Gasteiger partial charge in [0.05, 0.1) is 19.2 Å². The number of nitrogens with zero attached hydrogens (tertiary/aromatic N) is 2. The highest BCUT2D eigenvalue weighted by Crippen LogP contribution is 2.25. The maximum absolute atomic E-state index is 5.83. The van der Waals surface area contributed by atoms with E-state index in [1.807, 2.05) is 36.4 Å². The van der Waals surface area contributed by atoms with E-state index in [1.54, 1.807) is 13.3 Å². The third-order valence-corrected chi connectivity index (χ3v) is 2.97. The Hall–Kier alpha value is -2.56. The molecule has 0 aliphatic carbocycles. The number of aromatic nitrogens is 1. The average Bonchev–Trinajstić information content (AvgIpc) is 3.03. The molecule has 0 bridgehead atoms. The lowest BCUT2D eigenvalue weighted by molar-refractivity contribution is 0.412. The van der Waals surface area contributed by atoms with Crippen LogP contribution in [-0.4, -0.2) is 31.0 Å². The first kappa shape index (κ1) is 12.5. The SMILES string of the molecule is COc1ccc(Oc2ncccc2C2=NCCN2)cc1. The largest absolute Gasteiger partial charge is 0.497 e. The van der Waals surface area contributed by atoms with Crippen molar-refractivity contribution in [3.8, 4) is 17.4 Å². The highest BCUT2D eigenvalue weighted by molar-refractivity contribution is 6.01. The van der Waals surface area contributed by atoms with E-state index in [0.29, 0.717) is 11.6 Å². The number of hydrogen-bond acceptors (Lipinski definition) is 5. The van der Waals surface area contributed by atoms with Crippen LogP contribution in [0.25, 0.3) is 0 Å². The van der Waals surface area contributed by atoms with Gasteiger partial charge >= 0.3 is 0 Å². The molecular formula is C15H15N3O2. The second kappa shape index (κ2) is 5.61. The molecule has 102 valence electrons. The molecule has 1 aliphatic rings. The quantitative estimate of drug-likeness (QED) is 0.924. The van der Waals surface area contributed by atoms with Gasteiger partial charge in [-0.2, -0.15) is 0 Å². The van der Waals surface area contributed by atoms with Crippen molar-refractivity contribution in [2.75, 3.05) is 20.2 Å². The molecule has 2 aromatic rings. The fraction of sp³-hybridized carbons (Fsp3) is 0.200. The Morgan fingerprint density at radius 2 is 1.90 bits per heavy atom. The molecule has 0 fully saturated rings. The number of hydrogen-bond donors (Lipinski definition) is 1. The summed E-state index contributed by atoms with van der Waals surface area (Å²) in [5.41, 5.74) is 0.876. The van der Waals surface area contributed by atoms with Crippen LogP contribution >= 0.6 is 0 Å². The second-order valence-corrected chi connectivity index (χ2v) is 4.29. The summed E-state index contributed by atoms with van der Waals surface area (Å²) < 4.78 is 11.0. The van der Waals surface area contributed by atoms with Gasteiger partial charge in [-0.1, -0.05) is 0 Å². The van der Waals surface area contributed by atoms with Gasteiger partial charge in [-0.05, 0) is 36.4 Å². The van der Waals surface area contributed by atoms with Crippen molar-refractivity contribution in [2.45, 2.75) is 0 Å². The number of methoxy groups -OCH3 is 1. The summed E-state index contributed by atoms with van der Waals surface area (Å²) in [6.45, 7) is 1.64. The van der Waals surface area contributed by atoms with E-state index in [4.69, 9.17) is 9.47 Å². The van der Waals surface area contributed by atoms with Crippen LogP contribution in [0.4, 0.5) is 0 Å². The Labute approximate surface area is 117 Å². The molecule has 0 spiro atoms. The molecule has 5 heteroatoms. The van der Waals surface area contributed by atoms with E-state index in [0.717, 1.165) is 30.2 Å². The van der Waals surface area contributed by atoms with Crippen LogP contribution in [0.1, 0.15) is 5.56 Å². The number of aliphatic imine (C=N–C) groups is 1. The van der Waals surface area contributed by atoms with Crippen LogP contribution in [0.5, 0.6) is 17.4 Å². The number of rotatable bonds is 4. The van der Waals surface area contributed by atoms with Gasteiger partial charge < -0.3 is 14.8 Å². The van der Waals surface area contributed by atoms with E-state index in [-0.39, 0.29) is 0 Å². The zero-order valence-corrected chi connectivity index (χ0v) is 11.2. The predicted octanol–water partition coefficient (Wildman–Crippen LogP) is 2.23. The van der Waals surface area contributed by atoms with Gasteiger partial charge in [-0.3, -0.25) is 4.99 Å². The van der Waals surface area contributed by atoms with Gasteiger partial charge in [0.15, 0.2) is 0 Å². The van der Waals surface area contributed by atoms with E-state index in [1.165, 1.54) is 0 Å². The van der Waals surface area contributed by atoms with Crippen molar-refractivity contribution in [1.82, 2.24) is 10.3 Å². The molecule has 20 heavy (non-hydrogen) atoms. The Morgan fingerprint density at radius 3 is 2.60 bits per heavy atom. The first-order chi connectivity index (χ1) is 9.86. The summed E-state index contributed by atoms with van der Waals surface area (Å²) in [5.74, 6) is 2.89. The van der Waals surface area contributed by atoms with Crippen LogP contribution in [0.15, 0.2) is 47.6 Å². The standard InChI is InChI=1S/C15H15N3O2/c1-19-11-4-6-12(7-5-11)20-15-13(3-2-8-18-15)14-16-9-10-17-14/h2-8H,9-10H2,1H3,(H,16,17). The Morgan fingerprint density at radius 1 is 1.10 bits per heavy atom.